The number of alkyl halides is 1. The van der Waals surface area contributed by atoms with Crippen molar-refractivity contribution in [2.24, 2.45) is 0 Å². The van der Waals surface area contributed by atoms with Crippen LogP contribution in [0, 0.1) is 0 Å². The van der Waals surface area contributed by atoms with Gasteiger partial charge in [0.2, 0.25) is 0 Å². The van der Waals surface area contributed by atoms with Gasteiger partial charge in [-0.25, -0.2) is 0 Å². The zero-order valence-electron chi connectivity index (χ0n) is 8.70. The Labute approximate surface area is 97.6 Å². The lowest BCUT2D eigenvalue weighted by Gasteiger charge is -2.16. The van der Waals surface area contributed by atoms with E-state index in [-0.39, 0.29) is 22.5 Å². The molecule has 2 N–H and O–H groups in total. The van der Waals surface area contributed by atoms with Gasteiger partial charge in [-0.2, -0.15) is 0 Å². The van der Waals surface area contributed by atoms with Gasteiger partial charge in [0, 0.05) is 10.9 Å². The van der Waals surface area contributed by atoms with Crippen LogP contribution >= 0.6 is 15.9 Å². The Morgan fingerprint density at radius 2 is 2.00 bits per heavy atom. The highest BCUT2D eigenvalue weighted by Crippen LogP contribution is 2.15. The number of hydrogen-bond acceptors (Lipinski definition) is 2. The molecule has 0 saturated carbocycles. The highest BCUT2D eigenvalue weighted by molar-refractivity contribution is 9.09. The van der Waals surface area contributed by atoms with Crippen molar-refractivity contribution >= 4 is 21.8 Å². The van der Waals surface area contributed by atoms with E-state index in [4.69, 9.17) is 0 Å². The third kappa shape index (κ3) is 3.23. The van der Waals surface area contributed by atoms with Crippen molar-refractivity contribution in [2.75, 3.05) is 0 Å². The van der Waals surface area contributed by atoms with E-state index < -0.39 is 0 Å². The Morgan fingerprint density at radius 1 is 1.40 bits per heavy atom. The summed E-state index contributed by atoms with van der Waals surface area (Å²) in [5.41, 5.74) is 0.303. The number of phenolic OH excluding ortho intramolecular Hbond substituents is 1. The van der Waals surface area contributed by atoms with Crippen LogP contribution in [0.25, 0.3) is 0 Å². The molecule has 2 atom stereocenters. The monoisotopic (exact) mass is 271 g/mol. The third-order valence-corrected chi connectivity index (χ3v) is 2.99. The minimum absolute atomic E-state index is 0.00410. The number of aromatic hydroxyl groups is 1. The molecule has 1 rings (SSSR count). The number of nitrogens with one attached hydrogen (secondary N) is 1. The number of para-hydroxylation sites is 1. The van der Waals surface area contributed by atoms with Crippen LogP contribution in [0.1, 0.15) is 24.2 Å². The number of phenols is 1. The molecule has 0 fully saturated rings. The Kier molecular flexibility index (Phi) is 4.15. The number of halogens is 1. The van der Waals surface area contributed by atoms with Gasteiger partial charge in [-0.15, -0.1) is 0 Å². The lowest BCUT2D eigenvalue weighted by Crippen LogP contribution is -2.37. The molecule has 0 bridgehead atoms. The van der Waals surface area contributed by atoms with Gasteiger partial charge in [0.15, 0.2) is 0 Å². The predicted molar refractivity (Wildman–Crippen MR) is 63.4 cm³/mol. The largest absolute Gasteiger partial charge is 0.507 e. The van der Waals surface area contributed by atoms with Crippen molar-refractivity contribution < 1.29 is 9.90 Å². The fourth-order valence-corrected chi connectivity index (χ4v) is 1.20. The zero-order valence-corrected chi connectivity index (χ0v) is 10.3. The maximum absolute atomic E-state index is 11.7. The van der Waals surface area contributed by atoms with E-state index in [1.165, 1.54) is 6.07 Å². The second kappa shape index (κ2) is 5.16. The number of amides is 1. The van der Waals surface area contributed by atoms with Crippen LogP contribution < -0.4 is 5.32 Å². The number of rotatable bonds is 3. The van der Waals surface area contributed by atoms with Gasteiger partial charge in [0.05, 0.1) is 5.56 Å². The zero-order chi connectivity index (χ0) is 11.4. The molecule has 0 radical (unpaired) electrons. The van der Waals surface area contributed by atoms with Crippen molar-refractivity contribution in [3.8, 4) is 5.75 Å². The van der Waals surface area contributed by atoms with E-state index in [2.05, 4.69) is 21.2 Å². The molecule has 0 aliphatic carbocycles. The number of carbonyl (C=O) groups is 1. The minimum Gasteiger partial charge on any atom is -0.507 e. The standard InChI is InChI=1S/C11H14BrNO2/c1-7(12)8(2)13-11(15)9-5-3-4-6-10(9)14/h3-8,14H,1-2H3,(H,13,15). The van der Waals surface area contributed by atoms with Crippen molar-refractivity contribution in [1.29, 1.82) is 0 Å². The van der Waals surface area contributed by atoms with Gasteiger partial charge < -0.3 is 10.4 Å². The third-order valence-electron chi connectivity index (χ3n) is 2.20. The summed E-state index contributed by atoms with van der Waals surface area (Å²) < 4.78 is 0. The lowest BCUT2D eigenvalue weighted by molar-refractivity contribution is 0.0938. The lowest BCUT2D eigenvalue weighted by atomic mass is 10.1. The Balaban J connectivity index is 2.74. The molecule has 0 aliphatic rings. The smallest absolute Gasteiger partial charge is 0.255 e. The summed E-state index contributed by atoms with van der Waals surface area (Å²) in [6.45, 7) is 3.85. The Bertz CT molecular complexity index is 352. The molecule has 82 valence electrons. The van der Waals surface area contributed by atoms with Gasteiger partial charge in [-0.1, -0.05) is 35.0 Å². The number of benzene rings is 1. The van der Waals surface area contributed by atoms with Crippen LogP contribution in [0.15, 0.2) is 24.3 Å². The highest BCUT2D eigenvalue weighted by Gasteiger charge is 2.15. The van der Waals surface area contributed by atoms with E-state index in [1.54, 1.807) is 18.2 Å². The van der Waals surface area contributed by atoms with Gasteiger partial charge in [-0.3, -0.25) is 4.79 Å². The molecule has 0 aliphatic heterocycles. The summed E-state index contributed by atoms with van der Waals surface area (Å²) in [7, 11) is 0. The molecule has 4 heteroatoms. The molecule has 3 nitrogen and oxygen atoms in total. The van der Waals surface area contributed by atoms with Crippen molar-refractivity contribution in [2.45, 2.75) is 24.7 Å². The van der Waals surface area contributed by atoms with Crippen LogP contribution in [-0.4, -0.2) is 21.9 Å². The van der Waals surface area contributed by atoms with Crippen molar-refractivity contribution in [3.63, 3.8) is 0 Å². The van der Waals surface area contributed by atoms with Gasteiger partial charge in [-0.05, 0) is 19.1 Å². The first kappa shape index (κ1) is 12.0. The van der Waals surface area contributed by atoms with Crippen LogP contribution in [0.3, 0.4) is 0 Å². The molecule has 0 spiro atoms. The molecule has 1 aromatic carbocycles. The van der Waals surface area contributed by atoms with Gasteiger partial charge in [0.1, 0.15) is 5.75 Å². The first-order chi connectivity index (χ1) is 7.02. The second-order valence-corrected chi connectivity index (χ2v) is 4.90. The van der Waals surface area contributed by atoms with Crippen LogP contribution in [0.4, 0.5) is 0 Å². The molecule has 0 aromatic heterocycles. The van der Waals surface area contributed by atoms with E-state index in [0.717, 1.165) is 0 Å². The Hall–Kier alpha value is -1.03. The molecule has 1 aromatic rings. The maximum atomic E-state index is 11.7. The normalized spacial score (nSPS) is 14.3. The predicted octanol–water partition coefficient (Wildman–Crippen LogP) is 2.29. The van der Waals surface area contributed by atoms with E-state index >= 15 is 0 Å². The fraction of sp³-hybridized carbons (Fsp3) is 0.364. The van der Waals surface area contributed by atoms with Gasteiger partial charge >= 0.3 is 0 Å². The van der Waals surface area contributed by atoms with Crippen molar-refractivity contribution in [1.82, 2.24) is 5.32 Å². The topological polar surface area (TPSA) is 49.3 Å². The van der Waals surface area contributed by atoms with E-state index in [1.807, 2.05) is 13.8 Å². The summed E-state index contributed by atoms with van der Waals surface area (Å²) in [4.78, 5) is 11.9. The van der Waals surface area contributed by atoms with Crippen LogP contribution in [-0.2, 0) is 0 Å². The van der Waals surface area contributed by atoms with Crippen LogP contribution in [0.2, 0.25) is 0 Å². The van der Waals surface area contributed by atoms with Crippen LogP contribution in [0.5, 0.6) is 5.75 Å². The fourth-order valence-electron chi connectivity index (χ4n) is 1.07. The number of carbonyl (C=O) groups excluding carboxylic acids is 1. The maximum Gasteiger partial charge on any atom is 0.255 e. The molecule has 15 heavy (non-hydrogen) atoms. The average molecular weight is 272 g/mol. The summed E-state index contributed by atoms with van der Waals surface area (Å²) in [6.07, 6.45) is 0. The van der Waals surface area contributed by atoms with E-state index in [0.29, 0.717) is 5.56 Å². The SMILES string of the molecule is CC(Br)C(C)NC(=O)c1ccccc1O. The first-order valence-corrected chi connectivity index (χ1v) is 5.67. The summed E-state index contributed by atoms with van der Waals surface area (Å²) in [6, 6.07) is 6.50. The Morgan fingerprint density at radius 3 is 2.53 bits per heavy atom. The average Bonchev–Trinajstić information content (AvgIpc) is 2.18. The van der Waals surface area contributed by atoms with Crippen molar-refractivity contribution in [3.05, 3.63) is 29.8 Å². The van der Waals surface area contributed by atoms with E-state index in [9.17, 15) is 9.90 Å². The first-order valence-electron chi connectivity index (χ1n) is 4.75. The molecule has 0 heterocycles. The molecule has 0 saturated heterocycles. The molecule has 2 unspecified atom stereocenters. The summed E-state index contributed by atoms with van der Waals surface area (Å²) >= 11 is 3.38. The summed E-state index contributed by atoms with van der Waals surface area (Å²) in [5.74, 6) is -0.253. The quantitative estimate of drug-likeness (QED) is 0.829. The minimum atomic E-state index is -0.257. The molecular formula is C11H14BrNO2. The second-order valence-electron chi connectivity index (χ2n) is 3.46. The van der Waals surface area contributed by atoms with Gasteiger partial charge in [0.25, 0.3) is 5.91 Å². The number of hydrogen-bond donors (Lipinski definition) is 2. The highest BCUT2D eigenvalue weighted by atomic mass is 79.9. The molecular weight excluding hydrogens is 258 g/mol. The molecule has 1 amide bonds. The summed E-state index contributed by atoms with van der Waals surface area (Å²) in [5, 5.41) is 12.3.